The summed E-state index contributed by atoms with van der Waals surface area (Å²) in [6.45, 7) is 2.09. The Morgan fingerprint density at radius 3 is 2.76 bits per heavy atom. The van der Waals surface area contributed by atoms with E-state index in [1.54, 1.807) is 19.1 Å². The molecule has 1 amide bonds. The summed E-state index contributed by atoms with van der Waals surface area (Å²) in [7, 11) is 0. The van der Waals surface area contributed by atoms with Crippen molar-refractivity contribution in [3.63, 3.8) is 0 Å². The molecule has 0 bridgehead atoms. The van der Waals surface area contributed by atoms with Crippen LogP contribution in [0.5, 0.6) is 0 Å². The lowest BCUT2D eigenvalue weighted by molar-refractivity contribution is -0.384. The maximum atomic E-state index is 11.7. The number of hydrogen-bond donors (Lipinski definition) is 1. The van der Waals surface area contributed by atoms with E-state index in [1.165, 1.54) is 11.0 Å². The summed E-state index contributed by atoms with van der Waals surface area (Å²) in [5, 5.41) is 11.0. The maximum absolute atomic E-state index is 11.7. The highest BCUT2D eigenvalue weighted by Crippen LogP contribution is 2.33. The zero-order valence-corrected chi connectivity index (χ0v) is 9.42. The summed E-state index contributed by atoms with van der Waals surface area (Å²) >= 11 is 0. The summed E-state index contributed by atoms with van der Waals surface area (Å²) in [5.41, 5.74) is 6.73. The van der Waals surface area contributed by atoms with Crippen LogP contribution in [0.4, 0.5) is 11.4 Å². The second-order valence-corrected chi connectivity index (χ2v) is 4.17. The minimum atomic E-state index is -0.473. The number of para-hydroxylation sites is 1. The maximum Gasteiger partial charge on any atom is 0.293 e. The number of nitrogens with two attached hydrogens (primary N) is 1. The van der Waals surface area contributed by atoms with Crippen LogP contribution in [0, 0.1) is 17.0 Å². The third kappa shape index (κ3) is 1.99. The molecule has 1 saturated heterocycles. The number of benzene rings is 1. The minimum Gasteiger partial charge on any atom is -0.326 e. The number of anilines is 1. The van der Waals surface area contributed by atoms with Gasteiger partial charge in [0.15, 0.2) is 0 Å². The third-order valence-corrected chi connectivity index (χ3v) is 2.84. The SMILES string of the molecule is Cc1cccc([N+](=O)[O-])c1N1CC(N)CC1=O. The summed E-state index contributed by atoms with van der Waals surface area (Å²) in [5.74, 6) is -0.157. The van der Waals surface area contributed by atoms with Gasteiger partial charge >= 0.3 is 0 Å². The molecule has 1 unspecified atom stereocenters. The predicted octanol–water partition coefficient (Wildman–Crippen LogP) is 0.967. The molecule has 2 N–H and O–H groups in total. The second kappa shape index (κ2) is 4.14. The van der Waals surface area contributed by atoms with Gasteiger partial charge in [-0.05, 0) is 12.5 Å². The topological polar surface area (TPSA) is 89.5 Å². The van der Waals surface area contributed by atoms with E-state index in [0.29, 0.717) is 17.8 Å². The van der Waals surface area contributed by atoms with Crippen molar-refractivity contribution in [2.45, 2.75) is 19.4 Å². The number of aryl methyl sites for hydroxylation is 1. The van der Waals surface area contributed by atoms with Gasteiger partial charge in [0.05, 0.1) is 4.92 Å². The first-order chi connectivity index (χ1) is 8.00. The van der Waals surface area contributed by atoms with Crippen LogP contribution in [0.1, 0.15) is 12.0 Å². The molecular formula is C11H13N3O3. The molecule has 1 aliphatic heterocycles. The Morgan fingerprint density at radius 2 is 2.24 bits per heavy atom. The van der Waals surface area contributed by atoms with E-state index in [0.717, 1.165) is 0 Å². The zero-order chi connectivity index (χ0) is 12.6. The molecule has 2 rings (SSSR count). The molecule has 1 aliphatic rings. The Hall–Kier alpha value is -1.95. The van der Waals surface area contributed by atoms with E-state index in [-0.39, 0.29) is 24.1 Å². The van der Waals surface area contributed by atoms with E-state index in [4.69, 9.17) is 5.73 Å². The number of carbonyl (C=O) groups is 1. The number of nitro benzene ring substituents is 1. The average molecular weight is 235 g/mol. The molecule has 17 heavy (non-hydrogen) atoms. The summed E-state index contributed by atoms with van der Waals surface area (Å²) in [6, 6.07) is 4.51. The van der Waals surface area contributed by atoms with Gasteiger partial charge in [-0.2, -0.15) is 0 Å². The van der Waals surface area contributed by atoms with Crippen LogP contribution in [0.2, 0.25) is 0 Å². The fourth-order valence-corrected chi connectivity index (χ4v) is 2.09. The van der Waals surface area contributed by atoms with Crippen LogP contribution >= 0.6 is 0 Å². The summed E-state index contributed by atoms with van der Waals surface area (Å²) < 4.78 is 0. The van der Waals surface area contributed by atoms with Gasteiger partial charge in [0.1, 0.15) is 5.69 Å². The summed E-state index contributed by atoms with van der Waals surface area (Å²) in [6.07, 6.45) is 0.242. The highest BCUT2D eigenvalue weighted by Gasteiger charge is 2.33. The summed E-state index contributed by atoms with van der Waals surface area (Å²) in [4.78, 5) is 23.6. The lowest BCUT2D eigenvalue weighted by Crippen LogP contribution is -2.29. The van der Waals surface area contributed by atoms with Gasteiger partial charge in [-0.25, -0.2) is 0 Å². The van der Waals surface area contributed by atoms with Gasteiger partial charge in [0.25, 0.3) is 5.69 Å². The third-order valence-electron chi connectivity index (χ3n) is 2.84. The van der Waals surface area contributed by atoms with Crippen molar-refractivity contribution in [3.05, 3.63) is 33.9 Å². The number of nitro groups is 1. The quantitative estimate of drug-likeness (QED) is 0.610. The Kier molecular flexibility index (Phi) is 2.81. The molecular weight excluding hydrogens is 222 g/mol. The van der Waals surface area contributed by atoms with Gasteiger partial charge in [-0.15, -0.1) is 0 Å². The fraction of sp³-hybridized carbons (Fsp3) is 0.364. The highest BCUT2D eigenvalue weighted by atomic mass is 16.6. The molecule has 0 spiro atoms. The average Bonchev–Trinajstić information content (AvgIpc) is 2.57. The van der Waals surface area contributed by atoms with E-state index in [9.17, 15) is 14.9 Å². The van der Waals surface area contributed by atoms with E-state index >= 15 is 0 Å². The molecule has 1 aromatic carbocycles. The van der Waals surface area contributed by atoms with Crippen molar-refractivity contribution in [1.82, 2.24) is 0 Å². The van der Waals surface area contributed by atoms with Crippen LogP contribution in [0.25, 0.3) is 0 Å². The van der Waals surface area contributed by atoms with Crippen molar-refractivity contribution in [2.24, 2.45) is 5.73 Å². The van der Waals surface area contributed by atoms with E-state index in [2.05, 4.69) is 0 Å². The van der Waals surface area contributed by atoms with Gasteiger partial charge in [0, 0.05) is 25.1 Å². The van der Waals surface area contributed by atoms with Crippen molar-refractivity contribution in [3.8, 4) is 0 Å². The zero-order valence-electron chi connectivity index (χ0n) is 9.42. The van der Waals surface area contributed by atoms with E-state index < -0.39 is 4.92 Å². The number of nitrogens with zero attached hydrogens (tertiary/aromatic N) is 2. The normalized spacial score (nSPS) is 19.8. The van der Waals surface area contributed by atoms with Crippen molar-refractivity contribution >= 4 is 17.3 Å². The van der Waals surface area contributed by atoms with Crippen LogP contribution in [0.3, 0.4) is 0 Å². The van der Waals surface area contributed by atoms with Crippen LogP contribution in [-0.2, 0) is 4.79 Å². The smallest absolute Gasteiger partial charge is 0.293 e. The Balaban J connectivity index is 2.51. The first kappa shape index (κ1) is 11.5. The molecule has 6 nitrogen and oxygen atoms in total. The lowest BCUT2D eigenvalue weighted by atomic mass is 10.1. The second-order valence-electron chi connectivity index (χ2n) is 4.17. The van der Waals surface area contributed by atoms with Crippen LogP contribution < -0.4 is 10.6 Å². The molecule has 1 atom stereocenters. The van der Waals surface area contributed by atoms with Crippen LogP contribution in [0.15, 0.2) is 18.2 Å². The molecule has 6 heteroatoms. The van der Waals surface area contributed by atoms with Gasteiger partial charge in [-0.3, -0.25) is 14.9 Å². The molecule has 0 aliphatic carbocycles. The Bertz CT molecular complexity index is 487. The van der Waals surface area contributed by atoms with Crippen molar-refractivity contribution in [2.75, 3.05) is 11.4 Å². The van der Waals surface area contributed by atoms with Crippen molar-refractivity contribution in [1.29, 1.82) is 0 Å². The molecule has 1 fully saturated rings. The molecule has 90 valence electrons. The predicted molar refractivity (Wildman–Crippen MR) is 62.8 cm³/mol. The molecule has 1 heterocycles. The van der Waals surface area contributed by atoms with Crippen molar-refractivity contribution < 1.29 is 9.72 Å². The standard InChI is InChI=1S/C11H13N3O3/c1-7-3-2-4-9(14(16)17)11(7)13-6-8(12)5-10(13)15/h2-4,8H,5-6,12H2,1H3. The number of rotatable bonds is 2. The Labute approximate surface area is 98.2 Å². The molecule has 0 aromatic heterocycles. The number of hydrogen-bond acceptors (Lipinski definition) is 4. The number of amides is 1. The molecule has 1 aromatic rings. The van der Waals surface area contributed by atoms with Crippen LogP contribution in [-0.4, -0.2) is 23.4 Å². The first-order valence-electron chi connectivity index (χ1n) is 5.30. The Morgan fingerprint density at radius 1 is 1.53 bits per heavy atom. The molecule has 0 radical (unpaired) electrons. The highest BCUT2D eigenvalue weighted by molar-refractivity contribution is 5.99. The van der Waals surface area contributed by atoms with Gasteiger partial charge < -0.3 is 10.6 Å². The fourth-order valence-electron chi connectivity index (χ4n) is 2.09. The minimum absolute atomic E-state index is 0.0487. The first-order valence-corrected chi connectivity index (χ1v) is 5.30. The number of carbonyl (C=O) groups excluding carboxylic acids is 1. The lowest BCUT2D eigenvalue weighted by Gasteiger charge is -2.18. The monoisotopic (exact) mass is 235 g/mol. The van der Waals surface area contributed by atoms with Gasteiger partial charge in [0.2, 0.25) is 5.91 Å². The largest absolute Gasteiger partial charge is 0.326 e. The van der Waals surface area contributed by atoms with E-state index in [1.807, 2.05) is 0 Å². The molecule has 0 saturated carbocycles. The van der Waals surface area contributed by atoms with Gasteiger partial charge in [-0.1, -0.05) is 12.1 Å².